The van der Waals surface area contributed by atoms with E-state index in [0.717, 1.165) is 5.56 Å². The number of carbonyl (C=O) groups excluding carboxylic acids is 2. The number of carboxylic acids is 1. The summed E-state index contributed by atoms with van der Waals surface area (Å²) in [5.41, 5.74) is -0.0351. The Morgan fingerprint density at radius 2 is 2.03 bits per heavy atom. The van der Waals surface area contributed by atoms with Crippen LogP contribution in [0, 0.1) is 5.41 Å². The summed E-state index contributed by atoms with van der Waals surface area (Å²) in [5.74, 6) is -2.33. The first-order chi connectivity index (χ1) is 14.0. The number of rotatable bonds is 9. The lowest BCUT2D eigenvalue weighted by molar-refractivity contribution is -0.145. The number of hydrogen-bond acceptors (Lipinski definition) is 8. The van der Waals surface area contributed by atoms with Crippen molar-refractivity contribution in [3.05, 3.63) is 30.1 Å². The van der Waals surface area contributed by atoms with Gasteiger partial charge in [0.1, 0.15) is 12.6 Å². The summed E-state index contributed by atoms with van der Waals surface area (Å²) in [7, 11) is -4.00. The highest BCUT2D eigenvalue weighted by molar-refractivity contribution is 7.51. The number of nitrogens with zero attached hydrogens (tertiary/aromatic N) is 1. The third kappa shape index (κ3) is 6.88. The molecule has 12 heteroatoms. The van der Waals surface area contributed by atoms with Crippen molar-refractivity contribution in [3.63, 3.8) is 0 Å². The number of esters is 1. The average Bonchev–Trinajstić information content (AvgIpc) is 2.69. The molecule has 0 aromatic carbocycles. The molecule has 0 spiro atoms. The third-order valence-electron chi connectivity index (χ3n) is 4.30. The molecule has 1 aliphatic rings. The minimum absolute atomic E-state index is 0.00589. The molecule has 0 saturated carbocycles. The zero-order valence-corrected chi connectivity index (χ0v) is 17.9. The Labute approximate surface area is 174 Å². The summed E-state index contributed by atoms with van der Waals surface area (Å²) in [5, 5.41) is 13.8. The van der Waals surface area contributed by atoms with Gasteiger partial charge in [-0.2, -0.15) is 0 Å². The maximum Gasteiger partial charge on any atom is 0.407 e. The van der Waals surface area contributed by atoms with Gasteiger partial charge in [-0.05, 0) is 24.6 Å². The molecule has 3 N–H and O–H groups in total. The maximum atomic E-state index is 12.7. The van der Waals surface area contributed by atoms with E-state index in [1.54, 1.807) is 38.4 Å². The summed E-state index contributed by atoms with van der Waals surface area (Å²) in [6.07, 6.45) is 1.94. The summed E-state index contributed by atoms with van der Waals surface area (Å²) in [6, 6.07) is 2.24. The average molecular weight is 443 g/mol. The minimum atomic E-state index is -4.00. The van der Waals surface area contributed by atoms with Crippen LogP contribution in [-0.2, 0) is 39.3 Å². The van der Waals surface area contributed by atoms with Crippen LogP contribution in [-0.4, -0.2) is 53.2 Å². The summed E-state index contributed by atoms with van der Waals surface area (Å²) in [6.45, 7) is 4.65. The van der Waals surface area contributed by atoms with Gasteiger partial charge in [0.25, 0.3) is 0 Å². The first kappa shape index (κ1) is 23.9. The molecular weight excluding hydrogens is 417 g/mol. The normalized spacial score (nSPS) is 23.9. The van der Waals surface area contributed by atoms with Gasteiger partial charge in [0.2, 0.25) is 5.91 Å². The smallest absolute Gasteiger partial charge is 0.407 e. The van der Waals surface area contributed by atoms with Gasteiger partial charge in [-0.25, -0.2) is 9.65 Å². The maximum absolute atomic E-state index is 12.7. The molecule has 2 rings (SSSR count). The molecule has 30 heavy (non-hydrogen) atoms. The Morgan fingerprint density at radius 1 is 1.37 bits per heavy atom. The number of carboxylic acid groups (broad SMARTS) is 1. The lowest BCUT2D eigenvalue weighted by Gasteiger charge is -2.40. The molecule has 1 unspecified atom stereocenters. The number of nitrogens with one attached hydrogen (secondary N) is 2. The molecule has 1 aromatic heterocycles. The van der Waals surface area contributed by atoms with Crippen molar-refractivity contribution in [2.45, 2.75) is 45.9 Å². The highest BCUT2D eigenvalue weighted by Crippen LogP contribution is 2.53. The van der Waals surface area contributed by atoms with E-state index in [0.29, 0.717) is 0 Å². The zero-order valence-electron chi connectivity index (χ0n) is 17.0. The van der Waals surface area contributed by atoms with E-state index in [-0.39, 0.29) is 26.2 Å². The highest BCUT2D eigenvalue weighted by atomic mass is 31.2. The fourth-order valence-corrected chi connectivity index (χ4v) is 4.44. The lowest BCUT2D eigenvalue weighted by Crippen LogP contribution is -2.51. The molecule has 3 atom stereocenters. The van der Waals surface area contributed by atoms with E-state index in [1.165, 1.54) is 6.92 Å². The lowest BCUT2D eigenvalue weighted by atomic mass is 9.87. The monoisotopic (exact) mass is 443 g/mol. The Kier molecular flexibility index (Phi) is 8.08. The van der Waals surface area contributed by atoms with Crippen LogP contribution in [0.5, 0.6) is 0 Å². The summed E-state index contributed by atoms with van der Waals surface area (Å²) in [4.78, 5) is 39.3. The molecule has 1 saturated heterocycles. The number of ether oxygens (including phenoxy) is 1. The molecular formula is C18H26N3O8P. The predicted molar refractivity (Wildman–Crippen MR) is 104 cm³/mol. The van der Waals surface area contributed by atoms with E-state index < -0.39 is 43.2 Å². The van der Waals surface area contributed by atoms with Gasteiger partial charge in [-0.15, -0.1) is 0 Å². The van der Waals surface area contributed by atoms with Crippen molar-refractivity contribution in [2.24, 2.45) is 5.41 Å². The molecule has 2 heterocycles. The Balaban J connectivity index is 1.85. The largest absolute Gasteiger partial charge is 0.480 e. The number of amides is 1. The molecule has 1 aliphatic heterocycles. The number of pyridine rings is 1. The fourth-order valence-electron chi connectivity index (χ4n) is 2.50. The van der Waals surface area contributed by atoms with Gasteiger partial charge in [0.15, 0.2) is 6.10 Å². The molecule has 166 valence electrons. The molecule has 0 radical (unpaired) electrons. The Morgan fingerprint density at radius 3 is 2.67 bits per heavy atom. The van der Waals surface area contributed by atoms with E-state index in [2.05, 4.69) is 15.4 Å². The molecule has 1 amide bonds. The number of aliphatic carboxylic acids is 1. The van der Waals surface area contributed by atoms with Crippen molar-refractivity contribution in [1.29, 1.82) is 0 Å². The fraction of sp³-hybridized carbons (Fsp3) is 0.556. The second kappa shape index (κ2) is 10.1. The highest BCUT2D eigenvalue weighted by Gasteiger charge is 2.48. The van der Waals surface area contributed by atoms with Crippen LogP contribution < -0.4 is 10.4 Å². The minimum Gasteiger partial charge on any atom is -0.480 e. The first-order valence-electron chi connectivity index (χ1n) is 9.28. The van der Waals surface area contributed by atoms with E-state index >= 15 is 0 Å². The standard InChI is InChI=1S/C18H26N3O8P/c1-12(17(24)25)21-30(26)28-11-18(2,3)15(29-30)16(23)20-9-6-14(22)27-10-13-4-7-19-8-5-13/h4-5,7-8,12,15H,6,9-11H2,1-3H3,(H,20,23)(H,21,26)(H,24,25)/t12-,15-,30?/m0/s1. The van der Waals surface area contributed by atoms with Crippen LogP contribution in [0.2, 0.25) is 0 Å². The molecule has 0 bridgehead atoms. The Bertz CT molecular complexity index is 817. The van der Waals surface area contributed by atoms with Crippen molar-refractivity contribution in [1.82, 2.24) is 15.4 Å². The van der Waals surface area contributed by atoms with Gasteiger partial charge < -0.3 is 15.2 Å². The molecule has 0 aliphatic carbocycles. The van der Waals surface area contributed by atoms with E-state index in [1.807, 2.05) is 0 Å². The summed E-state index contributed by atoms with van der Waals surface area (Å²) >= 11 is 0. The van der Waals surface area contributed by atoms with Gasteiger partial charge in [-0.1, -0.05) is 13.8 Å². The quantitative estimate of drug-likeness (QED) is 0.375. The zero-order chi connectivity index (χ0) is 22.4. The van der Waals surface area contributed by atoms with Crippen LogP contribution in [0.4, 0.5) is 0 Å². The summed E-state index contributed by atoms with van der Waals surface area (Å²) < 4.78 is 28.3. The first-order valence-corrected chi connectivity index (χ1v) is 10.8. The number of aromatic nitrogens is 1. The van der Waals surface area contributed by atoms with Crippen molar-refractivity contribution < 1.29 is 37.8 Å². The second-order valence-corrected chi connectivity index (χ2v) is 9.21. The van der Waals surface area contributed by atoms with Crippen LogP contribution in [0.25, 0.3) is 0 Å². The topological polar surface area (TPSA) is 153 Å². The van der Waals surface area contributed by atoms with Crippen LogP contribution in [0.3, 0.4) is 0 Å². The predicted octanol–water partition coefficient (Wildman–Crippen LogP) is 1.24. The Hall–Kier alpha value is -2.33. The van der Waals surface area contributed by atoms with Gasteiger partial charge in [-0.3, -0.25) is 28.4 Å². The van der Waals surface area contributed by atoms with Crippen molar-refractivity contribution in [3.8, 4) is 0 Å². The van der Waals surface area contributed by atoms with E-state index in [9.17, 15) is 18.9 Å². The van der Waals surface area contributed by atoms with Crippen LogP contribution in [0.15, 0.2) is 24.5 Å². The van der Waals surface area contributed by atoms with E-state index in [4.69, 9.17) is 18.9 Å². The van der Waals surface area contributed by atoms with Gasteiger partial charge in [0.05, 0.1) is 13.0 Å². The number of carbonyl (C=O) groups is 3. The molecule has 1 fully saturated rings. The van der Waals surface area contributed by atoms with Gasteiger partial charge >= 0.3 is 19.7 Å². The number of hydrogen-bond donors (Lipinski definition) is 3. The third-order valence-corrected chi connectivity index (χ3v) is 5.96. The molecule has 11 nitrogen and oxygen atoms in total. The SMILES string of the molecule is C[C@H](NP1(=O)OCC(C)(C)[C@H](C(=O)NCCC(=O)OCc2ccncc2)O1)C(=O)O. The van der Waals surface area contributed by atoms with Crippen molar-refractivity contribution >= 4 is 25.6 Å². The molecule has 1 aromatic rings. The van der Waals surface area contributed by atoms with Crippen LogP contribution in [0.1, 0.15) is 32.8 Å². The van der Waals surface area contributed by atoms with Gasteiger partial charge in [0, 0.05) is 24.4 Å². The van der Waals surface area contributed by atoms with Crippen molar-refractivity contribution in [2.75, 3.05) is 13.2 Å². The second-order valence-electron chi connectivity index (χ2n) is 7.49. The van der Waals surface area contributed by atoms with Crippen LogP contribution >= 0.6 is 7.75 Å².